The summed E-state index contributed by atoms with van der Waals surface area (Å²) in [5, 5.41) is 0.598. The van der Waals surface area contributed by atoms with Crippen LogP contribution >= 0.6 is 7.52 Å². The lowest BCUT2D eigenvalue weighted by Crippen LogP contribution is -2.15. The van der Waals surface area contributed by atoms with Crippen LogP contribution in [0, 0.1) is 13.8 Å². The molecule has 1 unspecified atom stereocenters. The van der Waals surface area contributed by atoms with Gasteiger partial charge in [0.15, 0.2) is 0 Å². The third-order valence-corrected chi connectivity index (χ3v) is 3.68. The Kier molecular flexibility index (Phi) is 2.91. The molecule has 1 aromatic rings. The molecular formula is C9H14NO2P. The largest absolute Gasteiger partial charge is 0.318 e. The Balaban J connectivity index is 3.24. The van der Waals surface area contributed by atoms with Crippen LogP contribution in [-0.4, -0.2) is 7.11 Å². The zero-order valence-corrected chi connectivity index (χ0v) is 8.97. The second kappa shape index (κ2) is 3.62. The lowest BCUT2D eigenvalue weighted by molar-refractivity contribution is 0.404. The fourth-order valence-corrected chi connectivity index (χ4v) is 2.29. The maximum Gasteiger partial charge on any atom is 0.297 e. The van der Waals surface area contributed by atoms with Crippen LogP contribution in [0.3, 0.4) is 0 Å². The van der Waals surface area contributed by atoms with E-state index in [0.717, 1.165) is 11.1 Å². The molecule has 0 saturated heterocycles. The molecule has 0 saturated carbocycles. The topological polar surface area (TPSA) is 52.3 Å². The molecule has 0 amide bonds. The van der Waals surface area contributed by atoms with E-state index in [0.29, 0.717) is 5.30 Å². The average Bonchev–Trinajstić information content (AvgIpc) is 2.03. The van der Waals surface area contributed by atoms with Gasteiger partial charge >= 0.3 is 0 Å². The van der Waals surface area contributed by atoms with E-state index >= 15 is 0 Å². The second-order valence-corrected chi connectivity index (χ2v) is 5.11. The average molecular weight is 199 g/mol. The van der Waals surface area contributed by atoms with Crippen molar-refractivity contribution in [1.82, 2.24) is 0 Å². The Morgan fingerprint density at radius 1 is 1.38 bits per heavy atom. The summed E-state index contributed by atoms with van der Waals surface area (Å²) in [5.74, 6) is 0. The van der Waals surface area contributed by atoms with E-state index < -0.39 is 7.52 Å². The minimum absolute atomic E-state index is 0.598. The van der Waals surface area contributed by atoms with Crippen LogP contribution < -0.4 is 10.8 Å². The van der Waals surface area contributed by atoms with E-state index in [4.69, 9.17) is 10.0 Å². The summed E-state index contributed by atoms with van der Waals surface area (Å²) in [7, 11) is -1.72. The fraction of sp³-hybridized carbons (Fsp3) is 0.333. The number of aryl methyl sites for hydroxylation is 2. The molecule has 0 fully saturated rings. The van der Waals surface area contributed by atoms with E-state index in [-0.39, 0.29) is 0 Å². The van der Waals surface area contributed by atoms with Crippen molar-refractivity contribution in [1.29, 1.82) is 0 Å². The van der Waals surface area contributed by atoms with Gasteiger partial charge in [-0.3, -0.25) is 10.1 Å². The molecule has 0 aliphatic carbocycles. The smallest absolute Gasteiger partial charge is 0.297 e. The van der Waals surface area contributed by atoms with Crippen LogP contribution in [0.5, 0.6) is 0 Å². The molecule has 0 aromatic heterocycles. The summed E-state index contributed by atoms with van der Waals surface area (Å²) >= 11 is 0. The van der Waals surface area contributed by atoms with Crippen molar-refractivity contribution in [2.45, 2.75) is 13.8 Å². The van der Waals surface area contributed by atoms with Crippen LogP contribution in [0.2, 0.25) is 0 Å². The van der Waals surface area contributed by atoms with Crippen molar-refractivity contribution < 1.29 is 9.09 Å². The molecule has 72 valence electrons. The van der Waals surface area contributed by atoms with Crippen molar-refractivity contribution in [3.05, 3.63) is 29.3 Å². The molecule has 1 atom stereocenters. The molecule has 0 spiro atoms. The van der Waals surface area contributed by atoms with E-state index in [2.05, 4.69) is 0 Å². The van der Waals surface area contributed by atoms with E-state index in [1.54, 1.807) is 6.07 Å². The highest BCUT2D eigenvalue weighted by Gasteiger charge is 2.20. The highest BCUT2D eigenvalue weighted by atomic mass is 31.2. The number of hydrogen-bond acceptors (Lipinski definition) is 2. The lowest BCUT2D eigenvalue weighted by Gasteiger charge is -2.13. The van der Waals surface area contributed by atoms with Crippen LogP contribution in [0.25, 0.3) is 0 Å². The molecule has 0 heterocycles. The number of nitrogens with two attached hydrogens (primary N) is 1. The fourth-order valence-electron chi connectivity index (χ4n) is 1.25. The normalized spacial score (nSPS) is 15.4. The standard InChI is InChI=1S/C9H14NO2P/c1-7-4-5-9(8(2)6-7)13(10,11)12-3/h4-6H,1-3H3,(H2,10,11). The van der Waals surface area contributed by atoms with Gasteiger partial charge in [0.1, 0.15) is 0 Å². The van der Waals surface area contributed by atoms with E-state index in [1.807, 2.05) is 26.0 Å². The summed E-state index contributed by atoms with van der Waals surface area (Å²) < 4.78 is 16.4. The number of benzene rings is 1. The maximum absolute atomic E-state index is 11.7. The van der Waals surface area contributed by atoms with Gasteiger partial charge < -0.3 is 4.52 Å². The first-order valence-electron chi connectivity index (χ1n) is 3.99. The Labute approximate surface area is 78.4 Å². The van der Waals surface area contributed by atoms with Gasteiger partial charge in [0, 0.05) is 7.11 Å². The quantitative estimate of drug-likeness (QED) is 0.738. The zero-order valence-electron chi connectivity index (χ0n) is 8.07. The van der Waals surface area contributed by atoms with E-state index in [9.17, 15) is 4.57 Å². The summed E-state index contributed by atoms with van der Waals surface area (Å²) in [5.41, 5.74) is 7.55. The maximum atomic E-state index is 11.7. The van der Waals surface area contributed by atoms with Gasteiger partial charge in [0.05, 0.1) is 5.30 Å². The third kappa shape index (κ3) is 2.19. The minimum Gasteiger partial charge on any atom is -0.318 e. The summed E-state index contributed by atoms with van der Waals surface area (Å²) in [4.78, 5) is 0. The zero-order chi connectivity index (χ0) is 10.1. The highest BCUT2D eigenvalue weighted by molar-refractivity contribution is 7.64. The molecule has 13 heavy (non-hydrogen) atoms. The minimum atomic E-state index is -3.08. The molecule has 4 heteroatoms. The Morgan fingerprint density at radius 3 is 2.46 bits per heavy atom. The first kappa shape index (κ1) is 10.5. The van der Waals surface area contributed by atoms with Crippen LogP contribution in [0.1, 0.15) is 11.1 Å². The van der Waals surface area contributed by atoms with Crippen LogP contribution in [0.4, 0.5) is 0 Å². The van der Waals surface area contributed by atoms with Crippen molar-refractivity contribution >= 4 is 12.8 Å². The molecular weight excluding hydrogens is 185 g/mol. The van der Waals surface area contributed by atoms with E-state index in [1.165, 1.54) is 7.11 Å². The van der Waals surface area contributed by atoms with Gasteiger partial charge in [0.2, 0.25) is 0 Å². The molecule has 1 aromatic carbocycles. The molecule has 0 radical (unpaired) electrons. The highest BCUT2D eigenvalue weighted by Crippen LogP contribution is 2.36. The molecule has 1 rings (SSSR count). The molecule has 3 nitrogen and oxygen atoms in total. The SMILES string of the molecule is COP(N)(=O)c1ccc(C)cc1C. The van der Waals surface area contributed by atoms with Gasteiger partial charge in [-0.1, -0.05) is 17.7 Å². The van der Waals surface area contributed by atoms with Gasteiger partial charge in [-0.25, -0.2) is 0 Å². The Morgan fingerprint density at radius 2 is 2.00 bits per heavy atom. The second-order valence-electron chi connectivity index (χ2n) is 3.07. The van der Waals surface area contributed by atoms with Gasteiger partial charge in [-0.2, -0.15) is 0 Å². The van der Waals surface area contributed by atoms with Crippen molar-refractivity contribution in [3.63, 3.8) is 0 Å². The molecule has 0 bridgehead atoms. The summed E-state index contributed by atoms with van der Waals surface area (Å²) in [6, 6.07) is 5.57. The first-order chi connectivity index (χ1) is 5.97. The number of hydrogen-bond donors (Lipinski definition) is 1. The molecule has 0 aliphatic rings. The summed E-state index contributed by atoms with van der Waals surface area (Å²) in [6.07, 6.45) is 0. The first-order valence-corrected chi connectivity index (χ1v) is 5.69. The molecule has 0 aliphatic heterocycles. The molecule has 2 N–H and O–H groups in total. The van der Waals surface area contributed by atoms with Crippen LogP contribution in [-0.2, 0) is 9.09 Å². The predicted molar refractivity (Wildman–Crippen MR) is 54.4 cm³/mol. The summed E-state index contributed by atoms with van der Waals surface area (Å²) in [6.45, 7) is 3.85. The Hall–Kier alpha value is -0.630. The van der Waals surface area contributed by atoms with Gasteiger partial charge in [-0.05, 0) is 25.5 Å². The number of rotatable bonds is 2. The lowest BCUT2D eigenvalue weighted by atomic mass is 10.2. The monoisotopic (exact) mass is 199 g/mol. The predicted octanol–water partition coefficient (Wildman–Crippen LogP) is 1.73. The third-order valence-electron chi connectivity index (χ3n) is 1.96. The van der Waals surface area contributed by atoms with Gasteiger partial charge in [-0.15, -0.1) is 0 Å². The van der Waals surface area contributed by atoms with Crippen LogP contribution in [0.15, 0.2) is 18.2 Å². The van der Waals surface area contributed by atoms with Gasteiger partial charge in [0.25, 0.3) is 7.52 Å². The van der Waals surface area contributed by atoms with Crippen molar-refractivity contribution in [2.75, 3.05) is 7.11 Å². The Bertz CT molecular complexity index is 363. The van der Waals surface area contributed by atoms with Crippen molar-refractivity contribution in [3.8, 4) is 0 Å². The van der Waals surface area contributed by atoms with Crippen molar-refractivity contribution in [2.24, 2.45) is 5.50 Å².